The van der Waals surface area contributed by atoms with E-state index in [1.54, 1.807) is 12.1 Å². The first kappa shape index (κ1) is 14.5. The van der Waals surface area contributed by atoms with Crippen LogP contribution in [0.25, 0.3) is 11.0 Å². The number of nitrogens with one attached hydrogen (secondary N) is 1. The molecular formula is C20H22FNO2. The lowest BCUT2D eigenvalue weighted by Crippen LogP contribution is -2.59. The van der Waals surface area contributed by atoms with E-state index < -0.39 is 5.82 Å². The normalized spacial score (nSPS) is 34.0. The Labute approximate surface area is 140 Å². The molecule has 0 atom stereocenters. The molecule has 4 fully saturated rings. The number of amides is 1. The lowest BCUT2D eigenvalue weighted by Gasteiger charge is -2.56. The first-order chi connectivity index (χ1) is 11.5. The number of carbonyl (C=O) groups is 1. The lowest BCUT2D eigenvalue weighted by molar-refractivity contribution is -0.0171. The van der Waals surface area contributed by atoms with E-state index in [0.29, 0.717) is 5.39 Å². The number of fused-ring (bicyclic) bond motifs is 1. The van der Waals surface area contributed by atoms with Crippen LogP contribution < -0.4 is 5.32 Å². The molecule has 126 valence electrons. The molecule has 6 rings (SSSR count). The average molecular weight is 327 g/mol. The van der Waals surface area contributed by atoms with Crippen LogP contribution in [0.15, 0.2) is 22.6 Å². The molecule has 4 aliphatic rings. The Morgan fingerprint density at radius 3 is 2.38 bits per heavy atom. The minimum atomic E-state index is -0.413. The molecule has 0 saturated heterocycles. The average Bonchev–Trinajstić information content (AvgIpc) is 2.84. The standard InChI is InChI=1S/C20H22FNO2/c1-11-15-3-2-4-16(21)18(15)24-17(11)19(23)22-20-8-12-5-13(9-20)7-14(6-12)10-20/h2-4,12-14H,5-10H2,1H3,(H,22,23). The summed E-state index contributed by atoms with van der Waals surface area (Å²) in [5, 5.41) is 3.99. The van der Waals surface area contributed by atoms with Gasteiger partial charge in [0.05, 0.1) is 0 Å². The smallest absolute Gasteiger partial charge is 0.287 e. The van der Waals surface area contributed by atoms with Crippen molar-refractivity contribution in [1.29, 1.82) is 0 Å². The Morgan fingerprint density at radius 1 is 1.17 bits per heavy atom. The summed E-state index contributed by atoms with van der Waals surface area (Å²) in [4.78, 5) is 12.9. The van der Waals surface area contributed by atoms with Crippen molar-refractivity contribution in [3.63, 3.8) is 0 Å². The van der Waals surface area contributed by atoms with Gasteiger partial charge in [0.2, 0.25) is 0 Å². The van der Waals surface area contributed by atoms with E-state index in [-0.39, 0.29) is 22.8 Å². The third-order valence-corrected chi connectivity index (χ3v) is 6.54. The molecule has 1 aromatic heterocycles. The maximum absolute atomic E-state index is 13.9. The number of hydrogen-bond donors (Lipinski definition) is 1. The van der Waals surface area contributed by atoms with Crippen molar-refractivity contribution in [2.75, 3.05) is 0 Å². The summed E-state index contributed by atoms with van der Waals surface area (Å²) in [7, 11) is 0. The second kappa shape index (κ2) is 4.84. The zero-order chi connectivity index (χ0) is 16.5. The number of rotatable bonds is 2. The molecule has 4 heteroatoms. The number of halogens is 1. The molecule has 24 heavy (non-hydrogen) atoms. The van der Waals surface area contributed by atoms with Gasteiger partial charge in [-0.3, -0.25) is 4.79 Å². The minimum absolute atomic E-state index is 0.0597. The predicted molar refractivity (Wildman–Crippen MR) is 89.3 cm³/mol. The van der Waals surface area contributed by atoms with E-state index in [0.717, 1.165) is 42.6 Å². The Bertz CT molecular complexity index is 802. The Morgan fingerprint density at radius 2 is 1.79 bits per heavy atom. The van der Waals surface area contributed by atoms with Crippen molar-refractivity contribution in [2.45, 2.75) is 51.0 Å². The molecule has 3 nitrogen and oxygen atoms in total. The van der Waals surface area contributed by atoms with E-state index in [2.05, 4.69) is 5.32 Å². The molecule has 4 aliphatic carbocycles. The monoisotopic (exact) mass is 327 g/mol. The SMILES string of the molecule is Cc1c(C(=O)NC23CC4CC(CC(C4)C2)C3)oc2c(F)cccc12. The van der Waals surface area contributed by atoms with Gasteiger partial charge in [-0.05, 0) is 69.3 Å². The van der Waals surface area contributed by atoms with Crippen LogP contribution in [0.2, 0.25) is 0 Å². The van der Waals surface area contributed by atoms with Gasteiger partial charge in [0.15, 0.2) is 17.2 Å². The van der Waals surface area contributed by atoms with Crippen LogP contribution in [0.3, 0.4) is 0 Å². The molecule has 0 spiro atoms. The third kappa shape index (κ3) is 2.04. The summed E-state index contributed by atoms with van der Waals surface area (Å²) in [5.41, 5.74) is 0.855. The quantitative estimate of drug-likeness (QED) is 0.877. The fourth-order valence-corrected chi connectivity index (χ4v) is 5.99. The Kier molecular flexibility index (Phi) is 2.92. The molecular weight excluding hydrogens is 305 g/mol. The number of aryl methyl sites for hydroxylation is 1. The first-order valence-electron chi connectivity index (χ1n) is 9.03. The summed E-state index contributed by atoms with van der Waals surface area (Å²) in [6.07, 6.45) is 7.30. The van der Waals surface area contributed by atoms with Crippen molar-refractivity contribution in [3.8, 4) is 0 Å². The van der Waals surface area contributed by atoms with Crippen molar-refractivity contribution in [2.24, 2.45) is 17.8 Å². The van der Waals surface area contributed by atoms with Crippen molar-refractivity contribution in [3.05, 3.63) is 35.3 Å². The van der Waals surface area contributed by atoms with E-state index in [9.17, 15) is 9.18 Å². The van der Waals surface area contributed by atoms with Crippen LogP contribution in [0.1, 0.15) is 54.6 Å². The number of para-hydroxylation sites is 1. The van der Waals surface area contributed by atoms with E-state index >= 15 is 0 Å². The van der Waals surface area contributed by atoms with Gasteiger partial charge in [0.1, 0.15) is 0 Å². The van der Waals surface area contributed by atoms with E-state index in [1.807, 2.05) is 6.92 Å². The fraction of sp³-hybridized carbons (Fsp3) is 0.550. The second-order valence-corrected chi connectivity index (χ2v) is 8.32. The zero-order valence-corrected chi connectivity index (χ0v) is 13.9. The Balaban J connectivity index is 1.47. The van der Waals surface area contributed by atoms with E-state index in [4.69, 9.17) is 4.42 Å². The molecule has 0 unspecified atom stereocenters. The van der Waals surface area contributed by atoms with Gasteiger partial charge in [-0.15, -0.1) is 0 Å². The summed E-state index contributed by atoms with van der Waals surface area (Å²) in [5.74, 6) is 1.99. The maximum Gasteiger partial charge on any atom is 0.287 e. The molecule has 1 N–H and O–H groups in total. The first-order valence-corrected chi connectivity index (χ1v) is 9.03. The molecule has 0 radical (unpaired) electrons. The van der Waals surface area contributed by atoms with Gasteiger partial charge >= 0.3 is 0 Å². The number of carbonyl (C=O) groups excluding carboxylic acids is 1. The Hall–Kier alpha value is -1.84. The number of benzene rings is 1. The molecule has 4 saturated carbocycles. The largest absolute Gasteiger partial charge is 0.448 e. The van der Waals surface area contributed by atoms with Gasteiger partial charge in [-0.1, -0.05) is 12.1 Å². The van der Waals surface area contributed by atoms with Crippen LogP contribution in [-0.4, -0.2) is 11.4 Å². The predicted octanol–water partition coefficient (Wildman–Crippen LogP) is 4.58. The van der Waals surface area contributed by atoms with Crippen molar-refractivity contribution < 1.29 is 13.6 Å². The summed E-state index contributed by atoms with van der Waals surface area (Å²) in [6, 6.07) is 4.83. The van der Waals surface area contributed by atoms with Crippen LogP contribution >= 0.6 is 0 Å². The van der Waals surface area contributed by atoms with Gasteiger partial charge in [0.25, 0.3) is 5.91 Å². The van der Waals surface area contributed by atoms with Crippen LogP contribution in [0.4, 0.5) is 4.39 Å². The fourth-order valence-electron chi connectivity index (χ4n) is 5.99. The summed E-state index contributed by atoms with van der Waals surface area (Å²) >= 11 is 0. The highest BCUT2D eigenvalue weighted by Gasteiger charge is 2.51. The lowest BCUT2D eigenvalue weighted by atomic mass is 9.53. The van der Waals surface area contributed by atoms with E-state index in [1.165, 1.54) is 25.3 Å². The van der Waals surface area contributed by atoms with Crippen LogP contribution in [-0.2, 0) is 0 Å². The van der Waals surface area contributed by atoms with Crippen LogP contribution in [0, 0.1) is 30.5 Å². The summed E-state index contributed by atoms with van der Waals surface area (Å²) in [6.45, 7) is 1.83. The molecule has 1 amide bonds. The zero-order valence-electron chi connectivity index (χ0n) is 13.9. The molecule has 1 heterocycles. The number of hydrogen-bond acceptors (Lipinski definition) is 2. The molecule has 4 bridgehead atoms. The highest BCUT2D eigenvalue weighted by atomic mass is 19.1. The molecule has 1 aromatic carbocycles. The summed E-state index contributed by atoms with van der Waals surface area (Å²) < 4.78 is 19.6. The van der Waals surface area contributed by atoms with Gasteiger partial charge in [0, 0.05) is 16.5 Å². The maximum atomic E-state index is 13.9. The highest BCUT2D eigenvalue weighted by Crippen LogP contribution is 2.55. The topological polar surface area (TPSA) is 42.2 Å². The molecule has 2 aromatic rings. The minimum Gasteiger partial charge on any atom is -0.448 e. The van der Waals surface area contributed by atoms with Crippen LogP contribution in [0.5, 0.6) is 0 Å². The third-order valence-electron chi connectivity index (χ3n) is 6.54. The van der Waals surface area contributed by atoms with Gasteiger partial charge < -0.3 is 9.73 Å². The highest BCUT2D eigenvalue weighted by molar-refractivity contribution is 5.99. The number of furan rings is 1. The van der Waals surface area contributed by atoms with Crippen molar-refractivity contribution >= 4 is 16.9 Å². The van der Waals surface area contributed by atoms with Gasteiger partial charge in [-0.2, -0.15) is 0 Å². The molecule has 0 aliphatic heterocycles. The van der Waals surface area contributed by atoms with Gasteiger partial charge in [-0.25, -0.2) is 4.39 Å². The van der Waals surface area contributed by atoms with Crippen molar-refractivity contribution in [1.82, 2.24) is 5.32 Å². The second-order valence-electron chi connectivity index (χ2n) is 8.32.